The molecule has 1 unspecified atom stereocenters. The van der Waals surface area contributed by atoms with Crippen molar-refractivity contribution in [2.24, 2.45) is 5.41 Å². The minimum absolute atomic E-state index is 0.0465. The highest BCUT2D eigenvalue weighted by molar-refractivity contribution is 9.09. The molecule has 1 aromatic carbocycles. The summed E-state index contributed by atoms with van der Waals surface area (Å²) in [7, 11) is 0. The molecule has 0 aliphatic rings. The third kappa shape index (κ3) is 2.95. The quantitative estimate of drug-likeness (QED) is 0.466. The van der Waals surface area contributed by atoms with Crippen LogP contribution in [-0.2, 0) is 6.42 Å². The van der Waals surface area contributed by atoms with Gasteiger partial charge in [-0.25, -0.2) is 4.98 Å². The number of nitrogens with zero attached hydrogens (tertiary/aromatic N) is 2. The fourth-order valence-electron chi connectivity index (χ4n) is 1.83. The first kappa shape index (κ1) is 14.4. The Hall–Kier alpha value is -1.01. The third-order valence-electron chi connectivity index (χ3n) is 3.08. The topological polar surface area (TPSA) is 56.0 Å². The van der Waals surface area contributed by atoms with Crippen molar-refractivity contribution < 1.29 is 4.92 Å². The Labute approximate surface area is 124 Å². The number of nitro benzene ring substituents is 1. The first-order valence-corrected chi connectivity index (χ1v) is 7.74. The van der Waals surface area contributed by atoms with Crippen LogP contribution in [0.5, 0.6) is 0 Å². The molecule has 0 aliphatic carbocycles. The number of alkyl halides is 1. The van der Waals surface area contributed by atoms with Gasteiger partial charge in [-0.15, -0.1) is 11.3 Å². The average Bonchev–Trinajstić information content (AvgIpc) is 2.74. The molecule has 0 spiro atoms. The van der Waals surface area contributed by atoms with Crippen molar-refractivity contribution in [1.29, 1.82) is 0 Å². The van der Waals surface area contributed by atoms with Gasteiger partial charge in [-0.05, 0) is 17.9 Å². The Bertz CT molecular complexity index is 619. The molecular formula is C13H15BrN2O2S. The van der Waals surface area contributed by atoms with Gasteiger partial charge in [-0.3, -0.25) is 10.1 Å². The van der Waals surface area contributed by atoms with Crippen LogP contribution in [0.1, 0.15) is 26.3 Å². The van der Waals surface area contributed by atoms with Crippen molar-refractivity contribution in [2.75, 3.05) is 0 Å². The predicted octanol–water partition coefficient (Wildman–Crippen LogP) is 4.56. The number of nitro groups is 1. The molecule has 0 N–H and O–H groups in total. The van der Waals surface area contributed by atoms with E-state index < -0.39 is 0 Å². The van der Waals surface area contributed by atoms with E-state index in [1.165, 1.54) is 11.3 Å². The summed E-state index contributed by atoms with van der Waals surface area (Å²) in [5.74, 6) is 0. The molecule has 1 heterocycles. The summed E-state index contributed by atoms with van der Waals surface area (Å²) in [6.07, 6.45) is 0.618. The highest BCUT2D eigenvalue weighted by Crippen LogP contribution is 2.35. The molecule has 2 rings (SSSR count). The van der Waals surface area contributed by atoms with Crippen molar-refractivity contribution in [3.8, 4) is 0 Å². The summed E-state index contributed by atoms with van der Waals surface area (Å²) < 4.78 is 0.859. The number of hydrogen-bond donors (Lipinski definition) is 0. The van der Waals surface area contributed by atoms with Crippen molar-refractivity contribution in [3.05, 3.63) is 33.3 Å². The number of fused-ring (bicyclic) bond motifs is 1. The van der Waals surface area contributed by atoms with E-state index in [9.17, 15) is 10.1 Å². The Morgan fingerprint density at radius 1 is 1.47 bits per heavy atom. The minimum Gasteiger partial charge on any atom is -0.258 e. The lowest BCUT2D eigenvalue weighted by atomic mass is 9.88. The van der Waals surface area contributed by atoms with Gasteiger partial charge in [0, 0.05) is 10.4 Å². The van der Waals surface area contributed by atoms with Gasteiger partial charge < -0.3 is 0 Å². The van der Waals surface area contributed by atoms with Crippen molar-refractivity contribution in [3.63, 3.8) is 0 Å². The Morgan fingerprint density at radius 3 is 2.74 bits per heavy atom. The van der Waals surface area contributed by atoms with Gasteiger partial charge in [0.1, 0.15) is 0 Å². The lowest BCUT2D eigenvalue weighted by Gasteiger charge is -2.25. The fourth-order valence-corrected chi connectivity index (χ4v) is 2.85. The van der Waals surface area contributed by atoms with Gasteiger partial charge in [0.25, 0.3) is 5.69 Å². The molecule has 4 nitrogen and oxygen atoms in total. The van der Waals surface area contributed by atoms with E-state index in [1.54, 1.807) is 5.51 Å². The number of hydrogen-bond acceptors (Lipinski definition) is 4. The van der Waals surface area contributed by atoms with Crippen LogP contribution in [0, 0.1) is 15.5 Å². The van der Waals surface area contributed by atoms with Crippen molar-refractivity contribution >= 4 is 43.2 Å². The van der Waals surface area contributed by atoms with Crippen LogP contribution in [0.3, 0.4) is 0 Å². The molecule has 1 atom stereocenters. The summed E-state index contributed by atoms with van der Waals surface area (Å²) >= 11 is 5.06. The molecule has 102 valence electrons. The van der Waals surface area contributed by atoms with E-state index >= 15 is 0 Å². The predicted molar refractivity (Wildman–Crippen MR) is 82.1 cm³/mol. The van der Waals surface area contributed by atoms with Crippen LogP contribution >= 0.6 is 27.3 Å². The molecule has 6 heteroatoms. The van der Waals surface area contributed by atoms with E-state index in [4.69, 9.17) is 0 Å². The summed E-state index contributed by atoms with van der Waals surface area (Å²) in [6.45, 7) is 6.33. The molecule has 2 aromatic rings. The molecule has 0 aliphatic heterocycles. The number of thiazole rings is 1. The third-order valence-corrected chi connectivity index (χ3v) is 5.57. The molecule has 1 aromatic heterocycles. The second-order valence-electron chi connectivity index (χ2n) is 5.57. The van der Waals surface area contributed by atoms with Crippen LogP contribution < -0.4 is 0 Å². The van der Waals surface area contributed by atoms with E-state index in [0.717, 1.165) is 10.3 Å². The van der Waals surface area contributed by atoms with Gasteiger partial charge >= 0.3 is 0 Å². The van der Waals surface area contributed by atoms with E-state index in [-0.39, 0.29) is 20.9 Å². The van der Waals surface area contributed by atoms with Crippen LogP contribution in [0.4, 0.5) is 5.69 Å². The smallest absolute Gasteiger partial charge is 0.258 e. The monoisotopic (exact) mass is 342 g/mol. The van der Waals surface area contributed by atoms with Gasteiger partial charge in [0.05, 0.1) is 15.1 Å². The molecule has 19 heavy (non-hydrogen) atoms. The Balaban J connectivity index is 2.48. The van der Waals surface area contributed by atoms with Gasteiger partial charge in [-0.2, -0.15) is 0 Å². The van der Waals surface area contributed by atoms with Crippen molar-refractivity contribution in [2.45, 2.75) is 32.0 Å². The lowest BCUT2D eigenvalue weighted by molar-refractivity contribution is -0.383. The molecule has 0 amide bonds. The molecule has 0 bridgehead atoms. The van der Waals surface area contributed by atoms with Crippen LogP contribution in [-0.4, -0.2) is 14.7 Å². The molecule has 0 radical (unpaired) electrons. The highest BCUT2D eigenvalue weighted by atomic mass is 79.9. The maximum Gasteiger partial charge on any atom is 0.299 e. The number of rotatable bonds is 3. The zero-order valence-electron chi connectivity index (χ0n) is 11.0. The standard InChI is InChI=1S/C13H15BrN2O2S/c1-13(2,3)10(14)6-8-4-5-9-11(15-7-19-9)12(8)16(17)18/h4-5,7,10H,6H2,1-3H3. The highest BCUT2D eigenvalue weighted by Gasteiger charge is 2.27. The lowest BCUT2D eigenvalue weighted by Crippen LogP contribution is -2.22. The number of benzene rings is 1. The maximum absolute atomic E-state index is 11.3. The molecule has 0 saturated heterocycles. The summed E-state index contributed by atoms with van der Waals surface area (Å²) in [4.78, 5) is 15.3. The number of aromatic nitrogens is 1. The van der Waals surface area contributed by atoms with Crippen LogP contribution in [0.15, 0.2) is 17.6 Å². The van der Waals surface area contributed by atoms with Gasteiger partial charge in [0.15, 0.2) is 5.52 Å². The zero-order valence-corrected chi connectivity index (χ0v) is 13.4. The summed E-state index contributed by atoms with van der Waals surface area (Å²) in [5, 5.41) is 11.3. The number of halogens is 1. The molecule has 0 saturated carbocycles. The summed E-state index contributed by atoms with van der Waals surface area (Å²) in [5.41, 5.74) is 3.08. The average molecular weight is 343 g/mol. The normalized spacial score (nSPS) is 13.7. The van der Waals surface area contributed by atoms with E-state index in [2.05, 4.69) is 41.7 Å². The van der Waals surface area contributed by atoms with Crippen molar-refractivity contribution in [1.82, 2.24) is 4.98 Å². The second kappa shape index (κ2) is 5.17. The van der Waals surface area contributed by atoms with Crippen LogP contribution in [0.25, 0.3) is 10.2 Å². The Morgan fingerprint density at radius 2 is 2.16 bits per heavy atom. The second-order valence-corrected chi connectivity index (χ2v) is 7.56. The largest absolute Gasteiger partial charge is 0.299 e. The van der Waals surface area contributed by atoms with Gasteiger partial charge in [0.2, 0.25) is 0 Å². The van der Waals surface area contributed by atoms with Gasteiger partial charge in [-0.1, -0.05) is 42.8 Å². The minimum atomic E-state index is -0.320. The molecular weight excluding hydrogens is 328 g/mol. The fraction of sp³-hybridized carbons (Fsp3) is 0.462. The maximum atomic E-state index is 11.3. The van der Waals surface area contributed by atoms with E-state index in [0.29, 0.717) is 11.9 Å². The SMILES string of the molecule is CC(C)(C)C(Br)Cc1ccc2scnc2c1[N+](=O)[O-]. The zero-order chi connectivity index (χ0) is 14.2. The molecule has 0 fully saturated rings. The first-order chi connectivity index (χ1) is 8.80. The van der Waals surface area contributed by atoms with E-state index in [1.807, 2.05) is 12.1 Å². The van der Waals surface area contributed by atoms with Crippen LogP contribution in [0.2, 0.25) is 0 Å². The summed E-state index contributed by atoms with van der Waals surface area (Å²) in [6, 6.07) is 3.76. The Kier molecular flexibility index (Phi) is 3.92. The first-order valence-electron chi connectivity index (χ1n) is 5.94.